The van der Waals surface area contributed by atoms with Gasteiger partial charge in [0.15, 0.2) is 0 Å². The van der Waals surface area contributed by atoms with Crippen molar-refractivity contribution in [2.45, 2.75) is 0 Å². The fraction of sp³-hybridized carbons (Fsp3) is 0.800. The third-order valence-electron chi connectivity index (χ3n) is 1.27. The van der Waals surface area contributed by atoms with Crippen LogP contribution in [0.15, 0.2) is 0 Å². The van der Waals surface area contributed by atoms with Gasteiger partial charge in [0, 0.05) is 19.3 Å². The summed E-state index contributed by atoms with van der Waals surface area (Å²) < 4.78 is 1.77. The lowest BCUT2D eigenvalue weighted by Crippen LogP contribution is -2.44. The number of amides is 1. The van der Waals surface area contributed by atoms with Crippen molar-refractivity contribution in [3.8, 4) is 0 Å². The van der Waals surface area contributed by atoms with Crippen LogP contribution in [-0.2, 0) is 4.79 Å². The third kappa shape index (κ3) is 1.59. The summed E-state index contributed by atoms with van der Waals surface area (Å²) in [6.07, 6.45) is 1.92. The second kappa shape index (κ2) is 3.08. The number of carbonyl (C=O) groups is 1. The van der Waals surface area contributed by atoms with Crippen molar-refractivity contribution in [1.82, 2.24) is 9.62 Å². The lowest BCUT2D eigenvalue weighted by molar-refractivity contribution is -0.126. The summed E-state index contributed by atoms with van der Waals surface area (Å²) in [5, 5.41) is 2.99. The van der Waals surface area contributed by atoms with Crippen LogP contribution in [0.1, 0.15) is 0 Å². The van der Waals surface area contributed by atoms with Crippen LogP contribution in [0.25, 0.3) is 0 Å². The molecular weight excluding hydrogens is 136 g/mol. The molecule has 1 heterocycles. The molecule has 1 aliphatic rings. The van der Waals surface area contributed by atoms with Gasteiger partial charge in [0.05, 0.1) is 6.54 Å². The molecule has 4 heteroatoms. The number of nitrogens with one attached hydrogen (secondary N) is 1. The van der Waals surface area contributed by atoms with Crippen molar-refractivity contribution in [2.75, 3.05) is 25.9 Å². The van der Waals surface area contributed by atoms with Gasteiger partial charge in [-0.1, -0.05) is 11.9 Å². The van der Waals surface area contributed by atoms with Crippen molar-refractivity contribution in [1.29, 1.82) is 0 Å². The molecule has 0 saturated carbocycles. The second-order valence-corrected chi connectivity index (χ2v) is 2.66. The first kappa shape index (κ1) is 6.89. The minimum atomic E-state index is 0.189. The lowest BCUT2D eigenvalue weighted by atomic mass is 10.4. The second-order valence-electron chi connectivity index (χ2n) is 1.86. The Morgan fingerprint density at radius 3 is 3.00 bits per heavy atom. The summed E-state index contributed by atoms with van der Waals surface area (Å²) in [6, 6.07) is 0. The summed E-state index contributed by atoms with van der Waals surface area (Å²) in [5.41, 5.74) is 0. The third-order valence-corrected chi connectivity index (χ3v) is 2.09. The Labute approximate surface area is 58.9 Å². The molecule has 0 aromatic carbocycles. The minimum Gasteiger partial charge on any atom is -0.307 e. The van der Waals surface area contributed by atoms with Gasteiger partial charge in [-0.3, -0.25) is 9.10 Å². The van der Waals surface area contributed by atoms with Crippen LogP contribution < -0.4 is 5.32 Å². The molecule has 0 aromatic heterocycles. The number of rotatable bonds is 1. The molecule has 1 N–H and O–H groups in total. The lowest BCUT2D eigenvalue weighted by Gasteiger charge is -2.24. The van der Waals surface area contributed by atoms with E-state index in [0.29, 0.717) is 6.54 Å². The highest BCUT2D eigenvalue weighted by molar-refractivity contribution is 7.96. The molecule has 1 amide bonds. The standard InChI is InChI=1S/C5H10N2OS/c1-9-7-3-2-6-4-5(7)8/h6H,2-4H2,1H3. The molecule has 1 rings (SSSR count). The Morgan fingerprint density at radius 1 is 1.78 bits per heavy atom. The first-order chi connectivity index (χ1) is 4.34. The molecular formula is C5H10N2OS. The molecule has 0 bridgehead atoms. The number of piperazine rings is 1. The molecule has 0 atom stereocenters. The van der Waals surface area contributed by atoms with Crippen LogP contribution in [0, 0.1) is 0 Å². The highest BCUT2D eigenvalue weighted by Gasteiger charge is 2.15. The van der Waals surface area contributed by atoms with E-state index in [2.05, 4.69) is 5.32 Å². The van der Waals surface area contributed by atoms with Crippen molar-refractivity contribution >= 4 is 17.9 Å². The predicted molar refractivity (Wildman–Crippen MR) is 38.1 cm³/mol. The Hall–Kier alpha value is -0.220. The molecule has 0 spiro atoms. The number of hydrogen-bond donors (Lipinski definition) is 1. The van der Waals surface area contributed by atoms with E-state index in [1.165, 1.54) is 11.9 Å². The SMILES string of the molecule is CSN1CCNCC1=O. The van der Waals surface area contributed by atoms with Gasteiger partial charge >= 0.3 is 0 Å². The maximum Gasteiger partial charge on any atom is 0.246 e. The van der Waals surface area contributed by atoms with Gasteiger partial charge in [-0.25, -0.2) is 0 Å². The average molecular weight is 146 g/mol. The highest BCUT2D eigenvalue weighted by Crippen LogP contribution is 2.05. The molecule has 1 saturated heterocycles. The van der Waals surface area contributed by atoms with E-state index in [1.807, 2.05) is 6.26 Å². The van der Waals surface area contributed by atoms with E-state index < -0.39 is 0 Å². The Morgan fingerprint density at radius 2 is 2.56 bits per heavy atom. The maximum absolute atomic E-state index is 10.9. The zero-order valence-electron chi connectivity index (χ0n) is 5.39. The van der Waals surface area contributed by atoms with Gasteiger partial charge in [0.1, 0.15) is 0 Å². The number of carbonyl (C=O) groups excluding carboxylic acids is 1. The number of hydrogen-bond acceptors (Lipinski definition) is 3. The minimum absolute atomic E-state index is 0.189. The van der Waals surface area contributed by atoms with Gasteiger partial charge < -0.3 is 5.32 Å². The van der Waals surface area contributed by atoms with Crippen LogP contribution >= 0.6 is 11.9 Å². The fourth-order valence-electron chi connectivity index (χ4n) is 0.782. The average Bonchev–Trinajstić information content (AvgIpc) is 1.89. The Bertz CT molecular complexity index is 118. The normalized spacial score (nSPS) is 20.6. The Kier molecular flexibility index (Phi) is 2.36. The molecule has 3 nitrogen and oxygen atoms in total. The zero-order valence-corrected chi connectivity index (χ0v) is 6.20. The molecule has 1 fully saturated rings. The quantitative estimate of drug-likeness (QED) is 0.515. The number of nitrogens with zero attached hydrogens (tertiary/aromatic N) is 1. The largest absolute Gasteiger partial charge is 0.307 e. The van der Waals surface area contributed by atoms with E-state index >= 15 is 0 Å². The summed E-state index contributed by atoms with van der Waals surface area (Å²) in [7, 11) is 0. The van der Waals surface area contributed by atoms with Crippen molar-refractivity contribution in [2.24, 2.45) is 0 Å². The van der Waals surface area contributed by atoms with E-state index in [1.54, 1.807) is 4.31 Å². The molecule has 0 radical (unpaired) electrons. The van der Waals surface area contributed by atoms with Crippen molar-refractivity contribution < 1.29 is 4.79 Å². The van der Waals surface area contributed by atoms with Crippen LogP contribution in [0.4, 0.5) is 0 Å². The summed E-state index contributed by atoms with van der Waals surface area (Å²) in [5.74, 6) is 0.189. The topological polar surface area (TPSA) is 32.3 Å². The van der Waals surface area contributed by atoms with Gasteiger partial charge in [-0.05, 0) is 0 Å². The van der Waals surface area contributed by atoms with E-state index in [0.717, 1.165) is 13.1 Å². The zero-order chi connectivity index (χ0) is 6.69. The molecule has 9 heavy (non-hydrogen) atoms. The van der Waals surface area contributed by atoms with E-state index in [-0.39, 0.29) is 5.91 Å². The first-order valence-electron chi connectivity index (χ1n) is 2.90. The first-order valence-corrected chi connectivity index (χ1v) is 4.08. The molecule has 0 aromatic rings. The molecule has 52 valence electrons. The molecule has 0 aliphatic carbocycles. The van der Waals surface area contributed by atoms with Crippen molar-refractivity contribution in [3.05, 3.63) is 0 Å². The molecule has 0 unspecified atom stereocenters. The predicted octanol–water partition coefficient (Wildman–Crippen LogP) is -0.304. The van der Waals surface area contributed by atoms with E-state index in [4.69, 9.17) is 0 Å². The summed E-state index contributed by atoms with van der Waals surface area (Å²) >= 11 is 1.50. The smallest absolute Gasteiger partial charge is 0.246 e. The van der Waals surface area contributed by atoms with Crippen LogP contribution in [0.2, 0.25) is 0 Å². The fourth-order valence-corrected chi connectivity index (χ4v) is 1.32. The van der Waals surface area contributed by atoms with Gasteiger partial charge in [0.2, 0.25) is 5.91 Å². The van der Waals surface area contributed by atoms with Crippen LogP contribution in [0.5, 0.6) is 0 Å². The van der Waals surface area contributed by atoms with E-state index in [9.17, 15) is 4.79 Å². The van der Waals surface area contributed by atoms with Crippen molar-refractivity contribution in [3.63, 3.8) is 0 Å². The molecule has 1 aliphatic heterocycles. The highest BCUT2D eigenvalue weighted by atomic mass is 32.2. The summed E-state index contributed by atoms with van der Waals surface area (Å²) in [4.78, 5) is 10.9. The maximum atomic E-state index is 10.9. The van der Waals surface area contributed by atoms with Crippen LogP contribution in [0.3, 0.4) is 0 Å². The Balaban J connectivity index is 2.39. The van der Waals surface area contributed by atoms with Gasteiger partial charge in [-0.15, -0.1) is 0 Å². The summed E-state index contributed by atoms with van der Waals surface area (Å²) in [6.45, 7) is 2.26. The van der Waals surface area contributed by atoms with Crippen LogP contribution in [-0.4, -0.2) is 36.1 Å². The monoisotopic (exact) mass is 146 g/mol. The van der Waals surface area contributed by atoms with Gasteiger partial charge in [0.25, 0.3) is 0 Å². The van der Waals surface area contributed by atoms with Gasteiger partial charge in [-0.2, -0.15) is 0 Å².